The van der Waals surface area contributed by atoms with Crippen molar-refractivity contribution in [2.45, 2.75) is 59.3 Å². The highest BCUT2D eigenvalue weighted by molar-refractivity contribution is 6.36. The molecule has 1 aliphatic rings. The number of rotatable bonds is 6. The Morgan fingerprint density at radius 3 is 2.54 bits per heavy atom. The molecule has 0 radical (unpaired) electrons. The number of Topliss-reactive ketones (excluding diaryl/α,β-unsaturated/α-hetero) is 1. The zero-order chi connectivity index (χ0) is 19.4. The van der Waals surface area contributed by atoms with Crippen LogP contribution in [0.3, 0.4) is 0 Å². The smallest absolute Gasteiger partial charge is 0.168 e. The Hall–Kier alpha value is -1.59. The van der Waals surface area contributed by atoms with Gasteiger partial charge >= 0.3 is 0 Å². The van der Waals surface area contributed by atoms with Crippen LogP contribution in [-0.2, 0) is 9.63 Å². The van der Waals surface area contributed by atoms with Gasteiger partial charge in [-0.05, 0) is 32.8 Å². The van der Waals surface area contributed by atoms with E-state index in [9.17, 15) is 9.90 Å². The number of aliphatic hydroxyl groups excluding tert-OH is 1. The van der Waals surface area contributed by atoms with E-state index in [1.54, 1.807) is 6.92 Å². The summed E-state index contributed by atoms with van der Waals surface area (Å²) in [5, 5.41) is 15.6. The summed E-state index contributed by atoms with van der Waals surface area (Å²) in [5.74, 6) is -0.446. The van der Waals surface area contributed by atoms with Gasteiger partial charge in [0, 0.05) is 18.8 Å². The van der Waals surface area contributed by atoms with Gasteiger partial charge in [0.15, 0.2) is 5.78 Å². The highest BCUT2D eigenvalue weighted by Crippen LogP contribution is 2.39. The first-order chi connectivity index (χ1) is 12.3. The predicted molar refractivity (Wildman–Crippen MR) is 104 cm³/mol. The molecular formula is C19H24Cl2N2O3. The van der Waals surface area contributed by atoms with Crippen molar-refractivity contribution < 1.29 is 14.7 Å². The maximum Gasteiger partial charge on any atom is 0.168 e. The van der Waals surface area contributed by atoms with E-state index < -0.39 is 0 Å². The summed E-state index contributed by atoms with van der Waals surface area (Å²) in [6.07, 6.45) is 1.85. The lowest BCUT2D eigenvalue weighted by Crippen LogP contribution is -2.25. The third kappa shape index (κ3) is 4.21. The molecule has 1 heterocycles. The molecular weight excluding hydrogens is 375 g/mol. The SMILES string of the molecule is CCC/C(=N\OCC)C1=C(O)CC(c2nc(C)c(Cl)c(C)c2Cl)CC1=O. The zero-order valence-corrected chi connectivity index (χ0v) is 17.0. The molecule has 7 heteroatoms. The number of carbonyl (C=O) groups is 1. The Labute approximate surface area is 164 Å². The average molecular weight is 399 g/mol. The maximum absolute atomic E-state index is 12.8. The van der Waals surface area contributed by atoms with Gasteiger partial charge in [0.1, 0.15) is 12.4 Å². The third-order valence-corrected chi connectivity index (χ3v) is 5.43. The van der Waals surface area contributed by atoms with Crippen LogP contribution in [0.25, 0.3) is 0 Å². The van der Waals surface area contributed by atoms with E-state index in [1.807, 2.05) is 20.8 Å². The van der Waals surface area contributed by atoms with Gasteiger partial charge in [-0.25, -0.2) is 0 Å². The predicted octanol–water partition coefficient (Wildman–Crippen LogP) is 5.46. The van der Waals surface area contributed by atoms with Crippen LogP contribution in [-0.4, -0.2) is 28.2 Å². The van der Waals surface area contributed by atoms with E-state index in [4.69, 9.17) is 28.0 Å². The van der Waals surface area contributed by atoms with Crippen molar-refractivity contribution in [3.63, 3.8) is 0 Å². The van der Waals surface area contributed by atoms with Gasteiger partial charge in [0.2, 0.25) is 0 Å². The lowest BCUT2D eigenvalue weighted by Gasteiger charge is -2.25. The molecule has 0 amide bonds. The lowest BCUT2D eigenvalue weighted by molar-refractivity contribution is -0.116. The standard InChI is InChI=1S/C19H24Cl2N2O3/c1-5-7-13(23-26-6-2)16-14(24)8-12(9-15(16)25)19-18(21)10(3)17(20)11(4)22-19/h12,24H,5-9H2,1-4H3/b23-13+. The van der Waals surface area contributed by atoms with Gasteiger partial charge in [-0.1, -0.05) is 41.7 Å². The summed E-state index contributed by atoms with van der Waals surface area (Å²) in [7, 11) is 0. The molecule has 0 spiro atoms. The fourth-order valence-electron chi connectivity index (χ4n) is 3.12. The molecule has 5 nitrogen and oxygen atoms in total. The number of nitrogens with zero attached hydrogens (tertiary/aromatic N) is 2. The minimum Gasteiger partial charge on any atom is -0.511 e. The van der Waals surface area contributed by atoms with Crippen LogP contribution in [0.1, 0.15) is 62.4 Å². The molecule has 26 heavy (non-hydrogen) atoms. The summed E-state index contributed by atoms with van der Waals surface area (Å²) >= 11 is 12.6. The number of aromatic nitrogens is 1. The number of allylic oxidation sites excluding steroid dienone is 2. The Morgan fingerprint density at radius 2 is 1.96 bits per heavy atom. The van der Waals surface area contributed by atoms with Gasteiger partial charge in [-0.15, -0.1) is 0 Å². The first-order valence-electron chi connectivity index (χ1n) is 8.78. The van der Waals surface area contributed by atoms with E-state index in [2.05, 4.69) is 10.1 Å². The molecule has 1 aromatic heterocycles. The van der Waals surface area contributed by atoms with E-state index in [-0.39, 0.29) is 35.9 Å². The molecule has 0 bridgehead atoms. The van der Waals surface area contributed by atoms with E-state index >= 15 is 0 Å². The number of halogens is 2. The normalized spacial score (nSPS) is 18.5. The minimum absolute atomic E-state index is 0.0151. The van der Waals surface area contributed by atoms with Crippen LogP contribution in [0.15, 0.2) is 16.5 Å². The quantitative estimate of drug-likeness (QED) is 0.510. The van der Waals surface area contributed by atoms with Crippen molar-refractivity contribution in [2.24, 2.45) is 5.16 Å². The Balaban J connectivity index is 2.41. The number of oxime groups is 1. The topological polar surface area (TPSA) is 71.8 Å². The van der Waals surface area contributed by atoms with Crippen LogP contribution in [0.4, 0.5) is 0 Å². The van der Waals surface area contributed by atoms with Gasteiger partial charge in [0.05, 0.1) is 32.7 Å². The van der Waals surface area contributed by atoms with Gasteiger partial charge < -0.3 is 9.94 Å². The largest absolute Gasteiger partial charge is 0.511 e. The first kappa shape index (κ1) is 20.7. The van der Waals surface area contributed by atoms with Crippen molar-refractivity contribution >= 4 is 34.7 Å². The Kier molecular flexibility index (Phi) is 7.07. The summed E-state index contributed by atoms with van der Waals surface area (Å²) in [6, 6.07) is 0. The van der Waals surface area contributed by atoms with Crippen molar-refractivity contribution in [3.8, 4) is 0 Å². The van der Waals surface area contributed by atoms with Gasteiger partial charge in [-0.2, -0.15) is 0 Å². The first-order valence-corrected chi connectivity index (χ1v) is 9.53. The second-order valence-corrected chi connectivity index (χ2v) is 7.15. The molecule has 0 aromatic carbocycles. The molecule has 0 saturated heterocycles. The number of aliphatic hydroxyl groups is 1. The van der Waals surface area contributed by atoms with E-state index in [0.717, 1.165) is 12.0 Å². The Bertz CT molecular complexity index is 773. The number of hydrogen-bond acceptors (Lipinski definition) is 5. The second-order valence-electron chi connectivity index (χ2n) is 6.39. The molecule has 1 N–H and O–H groups in total. The summed E-state index contributed by atoms with van der Waals surface area (Å²) in [5.41, 5.74) is 2.77. The van der Waals surface area contributed by atoms with Crippen LogP contribution >= 0.6 is 23.2 Å². The summed E-state index contributed by atoms with van der Waals surface area (Å²) < 4.78 is 0. The van der Waals surface area contributed by atoms with Crippen LogP contribution in [0.5, 0.6) is 0 Å². The molecule has 0 fully saturated rings. The monoisotopic (exact) mass is 398 g/mol. The third-order valence-electron chi connectivity index (χ3n) is 4.39. The van der Waals surface area contributed by atoms with Gasteiger partial charge in [-0.3, -0.25) is 9.78 Å². The second kappa shape index (κ2) is 8.87. The molecule has 2 rings (SSSR count). The highest BCUT2D eigenvalue weighted by atomic mass is 35.5. The number of pyridine rings is 1. The number of ketones is 1. The number of hydrogen-bond donors (Lipinski definition) is 1. The van der Waals surface area contributed by atoms with E-state index in [0.29, 0.717) is 40.2 Å². The number of carbonyl (C=O) groups excluding carboxylic acids is 1. The Morgan fingerprint density at radius 1 is 1.27 bits per heavy atom. The van der Waals surface area contributed by atoms with Crippen molar-refractivity contribution in [3.05, 3.63) is 38.3 Å². The average Bonchev–Trinajstić information content (AvgIpc) is 2.60. The lowest BCUT2D eigenvalue weighted by atomic mass is 9.82. The number of aryl methyl sites for hydroxylation is 1. The molecule has 1 atom stereocenters. The molecule has 0 saturated carbocycles. The summed E-state index contributed by atoms with van der Waals surface area (Å²) in [4.78, 5) is 22.4. The maximum atomic E-state index is 12.8. The van der Waals surface area contributed by atoms with Crippen molar-refractivity contribution in [1.29, 1.82) is 0 Å². The molecule has 1 unspecified atom stereocenters. The van der Waals surface area contributed by atoms with Crippen molar-refractivity contribution in [1.82, 2.24) is 4.98 Å². The van der Waals surface area contributed by atoms with Crippen LogP contribution < -0.4 is 0 Å². The summed E-state index contributed by atoms with van der Waals surface area (Å²) in [6.45, 7) is 7.83. The fraction of sp³-hybridized carbons (Fsp3) is 0.526. The van der Waals surface area contributed by atoms with Crippen LogP contribution in [0.2, 0.25) is 10.0 Å². The minimum atomic E-state index is -0.289. The van der Waals surface area contributed by atoms with Gasteiger partial charge in [0.25, 0.3) is 0 Å². The molecule has 142 valence electrons. The molecule has 1 aliphatic carbocycles. The van der Waals surface area contributed by atoms with E-state index in [1.165, 1.54) is 0 Å². The highest BCUT2D eigenvalue weighted by Gasteiger charge is 2.33. The zero-order valence-electron chi connectivity index (χ0n) is 15.5. The van der Waals surface area contributed by atoms with Crippen LogP contribution in [0, 0.1) is 13.8 Å². The molecule has 0 aliphatic heterocycles. The van der Waals surface area contributed by atoms with Crippen molar-refractivity contribution in [2.75, 3.05) is 6.61 Å². The molecule has 1 aromatic rings. The fourth-order valence-corrected chi connectivity index (χ4v) is 3.60.